The molecule has 1 aromatic carbocycles. The number of halogens is 3. The van der Waals surface area contributed by atoms with Crippen molar-refractivity contribution >= 4 is 10.1 Å². The van der Waals surface area contributed by atoms with Gasteiger partial charge in [-0.3, -0.25) is 4.90 Å². The Hall–Kier alpha value is -1.56. The van der Waals surface area contributed by atoms with Crippen molar-refractivity contribution in [2.45, 2.75) is 79.7 Å². The molecule has 2 saturated carbocycles. The van der Waals surface area contributed by atoms with E-state index in [0.29, 0.717) is 43.7 Å². The second-order valence-electron chi connectivity index (χ2n) is 10.7. The number of ether oxygens (including phenoxy) is 2. The minimum Gasteiger partial charge on any atom is -0.482 e. The molecular formula is C23H28F3NO6S. The van der Waals surface area contributed by atoms with Gasteiger partial charge in [0.2, 0.25) is 0 Å². The smallest absolute Gasteiger partial charge is 0.482 e. The van der Waals surface area contributed by atoms with Crippen molar-refractivity contribution in [3.8, 4) is 11.5 Å². The molecule has 1 spiro atoms. The first-order valence-corrected chi connectivity index (χ1v) is 13.1. The molecule has 2 bridgehead atoms. The third kappa shape index (κ3) is 2.78. The number of methoxy groups -OCH3 is 1. The van der Waals surface area contributed by atoms with Crippen LogP contribution in [0.3, 0.4) is 0 Å². The summed E-state index contributed by atoms with van der Waals surface area (Å²) < 4.78 is 79.7. The van der Waals surface area contributed by atoms with Crippen LogP contribution in [0, 0.1) is 5.92 Å². The minimum absolute atomic E-state index is 0.0204. The number of hydrogen-bond acceptors (Lipinski definition) is 7. The van der Waals surface area contributed by atoms with Crippen LogP contribution in [-0.2, 0) is 26.7 Å². The Morgan fingerprint density at radius 3 is 2.62 bits per heavy atom. The third-order valence-electron chi connectivity index (χ3n) is 9.00. The lowest BCUT2D eigenvalue weighted by Gasteiger charge is -2.65. The van der Waals surface area contributed by atoms with Crippen molar-refractivity contribution in [1.29, 1.82) is 0 Å². The van der Waals surface area contributed by atoms with Gasteiger partial charge in [0.25, 0.3) is 0 Å². The first-order chi connectivity index (χ1) is 15.9. The molecule has 0 amide bonds. The summed E-state index contributed by atoms with van der Waals surface area (Å²) in [4.78, 5) is 2.37. The summed E-state index contributed by atoms with van der Waals surface area (Å²) in [6.45, 7) is 3.52. The van der Waals surface area contributed by atoms with Crippen molar-refractivity contribution in [2.75, 3.05) is 20.2 Å². The fourth-order valence-corrected chi connectivity index (χ4v) is 7.59. The van der Waals surface area contributed by atoms with Gasteiger partial charge in [-0.05, 0) is 69.5 Å². The van der Waals surface area contributed by atoms with E-state index < -0.39 is 44.1 Å². The molecule has 5 unspecified atom stereocenters. The molecule has 11 heteroatoms. The molecule has 2 aliphatic heterocycles. The van der Waals surface area contributed by atoms with Gasteiger partial charge in [-0.25, -0.2) is 0 Å². The van der Waals surface area contributed by atoms with E-state index in [2.05, 4.69) is 9.08 Å². The lowest BCUT2D eigenvalue weighted by atomic mass is 9.47. The maximum atomic E-state index is 13.1. The first-order valence-electron chi connectivity index (χ1n) is 11.7. The maximum absolute atomic E-state index is 13.1. The number of alkyl halides is 3. The van der Waals surface area contributed by atoms with E-state index in [1.807, 2.05) is 6.92 Å². The Morgan fingerprint density at radius 2 is 1.97 bits per heavy atom. The van der Waals surface area contributed by atoms with Crippen LogP contribution >= 0.6 is 0 Å². The Labute approximate surface area is 196 Å². The second-order valence-corrected chi connectivity index (χ2v) is 12.3. The number of benzene rings is 1. The highest BCUT2D eigenvalue weighted by atomic mass is 32.2. The van der Waals surface area contributed by atoms with Gasteiger partial charge < -0.3 is 18.8 Å². The van der Waals surface area contributed by atoms with Crippen LogP contribution < -0.4 is 8.92 Å². The molecule has 7 nitrogen and oxygen atoms in total. The standard InChI is InChI=1S/C23H28F3NO6S/c1-20(31-2)7-8-22(28)16-11-14-5-6-15(33-34(29,30)23(24,25)26)18-17(14)21(22,19(20)32-18)9-10-27(16)12-13-3-4-13/h5-6,13,16,19,28H,3-4,7-12H2,1-2H3. The van der Waals surface area contributed by atoms with Crippen LogP contribution in [0.15, 0.2) is 12.1 Å². The Kier molecular flexibility index (Phi) is 4.58. The Balaban J connectivity index is 1.52. The average molecular weight is 504 g/mol. The molecule has 2 heterocycles. The summed E-state index contributed by atoms with van der Waals surface area (Å²) in [6, 6.07) is 2.71. The van der Waals surface area contributed by atoms with Crippen LogP contribution in [0.25, 0.3) is 0 Å². The lowest BCUT2D eigenvalue weighted by molar-refractivity contribution is -0.237. The first kappa shape index (κ1) is 22.9. The van der Waals surface area contributed by atoms with Crippen LogP contribution in [0.4, 0.5) is 13.2 Å². The number of hydrogen-bond donors (Lipinski definition) is 1. The Bertz CT molecular complexity index is 1150. The number of piperidine rings is 1. The summed E-state index contributed by atoms with van der Waals surface area (Å²) >= 11 is 0. The summed E-state index contributed by atoms with van der Waals surface area (Å²) in [7, 11) is -4.33. The zero-order chi connectivity index (χ0) is 24.3. The van der Waals surface area contributed by atoms with E-state index in [0.717, 1.165) is 12.1 Å². The molecule has 1 saturated heterocycles. The van der Waals surface area contributed by atoms with Gasteiger partial charge in [-0.15, -0.1) is 0 Å². The molecule has 3 aliphatic carbocycles. The Morgan fingerprint density at radius 1 is 1.24 bits per heavy atom. The molecule has 0 radical (unpaired) electrons. The van der Waals surface area contributed by atoms with E-state index in [4.69, 9.17) is 9.47 Å². The average Bonchev–Trinajstić information content (AvgIpc) is 3.50. The number of aliphatic hydroxyl groups is 1. The fraction of sp³-hybridized carbons (Fsp3) is 0.739. The van der Waals surface area contributed by atoms with E-state index in [9.17, 15) is 26.7 Å². The molecule has 6 rings (SSSR count). The van der Waals surface area contributed by atoms with E-state index in [1.165, 1.54) is 18.9 Å². The SMILES string of the molecule is COC1(C)CCC2(O)C3Cc4ccc(OS(=O)(=O)C(F)(F)F)c5c4C2(CCN3CC2CC2)C1O5. The molecule has 34 heavy (non-hydrogen) atoms. The molecular weight excluding hydrogens is 475 g/mol. The molecule has 1 aromatic rings. The monoisotopic (exact) mass is 503 g/mol. The van der Waals surface area contributed by atoms with Crippen LogP contribution in [0.5, 0.6) is 11.5 Å². The van der Waals surface area contributed by atoms with Crippen molar-refractivity contribution in [1.82, 2.24) is 4.90 Å². The van der Waals surface area contributed by atoms with E-state index in [-0.39, 0.29) is 11.8 Å². The van der Waals surface area contributed by atoms with Crippen LogP contribution in [0.2, 0.25) is 0 Å². The molecule has 5 atom stereocenters. The summed E-state index contributed by atoms with van der Waals surface area (Å²) in [5.74, 6) is 0.119. The van der Waals surface area contributed by atoms with Gasteiger partial charge in [-0.1, -0.05) is 6.07 Å². The predicted molar refractivity (Wildman–Crippen MR) is 114 cm³/mol. The summed E-state index contributed by atoms with van der Waals surface area (Å²) in [5, 5.41) is 12.4. The second kappa shape index (κ2) is 6.80. The van der Waals surface area contributed by atoms with Crippen molar-refractivity contribution in [3.63, 3.8) is 0 Å². The molecule has 188 valence electrons. The highest BCUT2D eigenvalue weighted by Crippen LogP contribution is 2.67. The van der Waals surface area contributed by atoms with Crippen LogP contribution in [0.1, 0.15) is 50.2 Å². The lowest BCUT2D eigenvalue weighted by Crippen LogP contribution is -2.79. The molecule has 1 N–H and O–H groups in total. The highest BCUT2D eigenvalue weighted by molar-refractivity contribution is 7.88. The number of likely N-dealkylation sites (tertiary alicyclic amines) is 1. The van der Waals surface area contributed by atoms with E-state index >= 15 is 0 Å². The third-order valence-corrected chi connectivity index (χ3v) is 9.97. The van der Waals surface area contributed by atoms with Crippen molar-refractivity contribution < 1.29 is 40.4 Å². The maximum Gasteiger partial charge on any atom is 0.534 e. The largest absolute Gasteiger partial charge is 0.534 e. The van der Waals surface area contributed by atoms with Gasteiger partial charge in [-0.2, -0.15) is 21.6 Å². The minimum atomic E-state index is -5.88. The van der Waals surface area contributed by atoms with Crippen LogP contribution in [-0.4, -0.2) is 67.5 Å². The van der Waals surface area contributed by atoms with E-state index in [1.54, 1.807) is 13.2 Å². The number of nitrogens with zero attached hydrogens (tertiary/aromatic N) is 1. The predicted octanol–water partition coefficient (Wildman–Crippen LogP) is 2.88. The quantitative estimate of drug-likeness (QED) is 0.489. The molecule has 5 aliphatic rings. The molecule has 3 fully saturated rings. The van der Waals surface area contributed by atoms with Crippen molar-refractivity contribution in [3.05, 3.63) is 23.3 Å². The summed E-state index contributed by atoms with van der Waals surface area (Å²) in [5.41, 5.74) is -7.05. The topological polar surface area (TPSA) is 85.3 Å². The molecule has 0 aromatic heterocycles. The van der Waals surface area contributed by atoms with Gasteiger partial charge in [0.05, 0.1) is 11.0 Å². The van der Waals surface area contributed by atoms with Gasteiger partial charge in [0, 0.05) is 25.3 Å². The number of rotatable bonds is 5. The highest BCUT2D eigenvalue weighted by Gasteiger charge is 2.75. The van der Waals surface area contributed by atoms with Gasteiger partial charge >= 0.3 is 15.6 Å². The van der Waals surface area contributed by atoms with Crippen molar-refractivity contribution in [2.24, 2.45) is 5.92 Å². The fourth-order valence-electron chi connectivity index (χ4n) is 7.12. The normalized spacial score (nSPS) is 38.9. The zero-order valence-corrected chi connectivity index (χ0v) is 19.8. The van der Waals surface area contributed by atoms with Gasteiger partial charge in [0.1, 0.15) is 11.7 Å². The van der Waals surface area contributed by atoms with Gasteiger partial charge in [0.15, 0.2) is 11.5 Å². The zero-order valence-electron chi connectivity index (χ0n) is 19.0. The summed E-state index contributed by atoms with van der Waals surface area (Å²) in [6.07, 6.45) is 3.69.